The van der Waals surface area contributed by atoms with Crippen LogP contribution in [0.2, 0.25) is 0 Å². The molecule has 1 aromatic carbocycles. The molecule has 0 saturated heterocycles. The number of hydrogen-bond acceptors (Lipinski definition) is 4. The van der Waals surface area contributed by atoms with Crippen LogP contribution in [0.15, 0.2) is 28.7 Å². The van der Waals surface area contributed by atoms with E-state index in [9.17, 15) is 9.50 Å². The second-order valence-electron chi connectivity index (χ2n) is 4.93. The second kappa shape index (κ2) is 5.94. The summed E-state index contributed by atoms with van der Waals surface area (Å²) in [4.78, 5) is 0. The molecule has 2 aromatic rings. The summed E-state index contributed by atoms with van der Waals surface area (Å²) in [5.41, 5.74) is -0.0635. The van der Waals surface area contributed by atoms with Crippen molar-refractivity contribution in [1.82, 2.24) is 5.32 Å². The normalized spacial score (nSPS) is 14.7. The lowest BCUT2D eigenvalue weighted by atomic mass is 10.1. The summed E-state index contributed by atoms with van der Waals surface area (Å²) < 4.78 is 18.6. The van der Waals surface area contributed by atoms with Gasteiger partial charge in [-0.1, -0.05) is 0 Å². The van der Waals surface area contributed by atoms with Crippen LogP contribution in [0.1, 0.15) is 12.7 Å². The Morgan fingerprint density at radius 2 is 2.21 bits per heavy atom. The number of nitrogens with one attached hydrogen (secondary N) is 1. The number of hydrogen-bond donors (Lipinski definition) is 2. The average molecular weight is 283 g/mol. The fourth-order valence-corrected chi connectivity index (χ4v) is 2.70. The molecule has 0 radical (unpaired) electrons. The van der Waals surface area contributed by atoms with Crippen molar-refractivity contribution < 1.29 is 13.9 Å². The van der Waals surface area contributed by atoms with Gasteiger partial charge in [0, 0.05) is 17.7 Å². The van der Waals surface area contributed by atoms with Crippen molar-refractivity contribution in [2.75, 3.05) is 18.6 Å². The van der Waals surface area contributed by atoms with Crippen LogP contribution in [0.3, 0.4) is 0 Å². The van der Waals surface area contributed by atoms with Gasteiger partial charge in [-0.3, -0.25) is 0 Å². The average Bonchev–Trinajstić information content (AvgIpc) is 2.70. The zero-order valence-corrected chi connectivity index (χ0v) is 11.9. The first-order chi connectivity index (χ1) is 9.00. The molecule has 2 rings (SSSR count). The van der Waals surface area contributed by atoms with Crippen LogP contribution in [0, 0.1) is 5.82 Å². The highest BCUT2D eigenvalue weighted by molar-refractivity contribution is 7.98. The Balaban J connectivity index is 1.95. The van der Waals surface area contributed by atoms with Crippen LogP contribution in [0.4, 0.5) is 4.39 Å². The zero-order chi connectivity index (χ0) is 13.9. The van der Waals surface area contributed by atoms with Gasteiger partial charge in [-0.25, -0.2) is 4.39 Å². The molecule has 0 amide bonds. The summed E-state index contributed by atoms with van der Waals surface area (Å²) >= 11 is 1.61. The minimum Gasteiger partial charge on any atom is -0.460 e. The van der Waals surface area contributed by atoms with Crippen molar-refractivity contribution >= 4 is 22.7 Å². The van der Waals surface area contributed by atoms with Gasteiger partial charge in [0.05, 0.1) is 12.1 Å². The van der Waals surface area contributed by atoms with E-state index in [1.54, 1.807) is 24.8 Å². The first-order valence-corrected chi connectivity index (χ1v) is 7.49. The van der Waals surface area contributed by atoms with Crippen LogP contribution in [0.25, 0.3) is 11.0 Å². The molecule has 1 atom stereocenters. The van der Waals surface area contributed by atoms with Crippen molar-refractivity contribution in [3.05, 3.63) is 35.8 Å². The van der Waals surface area contributed by atoms with Gasteiger partial charge in [0.25, 0.3) is 0 Å². The predicted octanol–water partition coefficient (Wildman–Crippen LogP) is 2.78. The Bertz CT molecular complexity index is 553. The summed E-state index contributed by atoms with van der Waals surface area (Å²) in [5, 5.41) is 13.9. The van der Waals surface area contributed by atoms with E-state index in [2.05, 4.69) is 5.32 Å². The molecule has 1 unspecified atom stereocenters. The summed E-state index contributed by atoms with van der Waals surface area (Å²) in [6, 6.07) is 6.27. The number of aliphatic hydroxyl groups is 1. The molecule has 1 aromatic heterocycles. The van der Waals surface area contributed by atoms with E-state index in [0.29, 0.717) is 24.4 Å². The van der Waals surface area contributed by atoms with Gasteiger partial charge in [0.1, 0.15) is 17.2 Å². The molecule has 5 heteroatoms. The third kappa shape index (κ3) is 3.96. The van der Waals surface area contributed by atoms with E-state index < -0.39 is 5.60 Å². The van der Waals surface area contributed by atoms with Gasteiger partial charge in [-0.2, -0.15) is 11.8 Å². The third-order valence-corrected chi connectivity index (χ3v) is 3.70. The highest BCUT2D eigenvalue weighted by Gasteiger charge is 2.18. The fourth-order valence-electron chi connectivity index (χ4n) is 1.97. The van der Waals surface area contributed by atoms with Crippen molar-refractivity contribution in [1.29, 1.82) is 0 Å². The van der Waals surface area contributed by atoms with Gasteiger partial charge in [0.2, 0.25) is 0 Å². The number of benzene rings is 1. The van der Waals surface area contributed by atoms with E-state index in [-0.39, 0.29) is 5.82 Å². The molecule has 0 fully saturated rings. The molecule has 104 valence electrons. The maximum Gasteiger partial charge on any atom is 0.134 e. The Labute approximate surface area is 116 Å². The molecule has 2 N–H and O–H groups in total. The second-order valence-corrected chi connectivity index (χ2v) is 5.79. The van der Waals surface area contributed by atoms with E-state index in [0.717, 1.165) is 11.1 Å². The molecular formula is C14H18FNO2S. The summed E-state index contributed by atoms with van der Waals surface area (Å²) in [5.74, 6) is 1.14. The molecule has 1 heterocycles. The van der Waals surface area contributed by atoms with E-state index in [1.165, 1.54) is 12.1 Å². The van der Waals surface area contributed by atoms with Gasteiger partial charge >= 0.3 is 0 Å². The summed E-state index contributed by atoms with van der Waals surface area (Å²) in [6.45, 7) is 2.80. The van der Waals surface area contributed by atoms with Crippen LogP contribution in [-0.2, 0) is 6.54 Å². The molecule has 0 spiro atoms. The van der Waals surface area contributed by atoms with Crippen LogP contribution in [-0.4, -0.2) is 29.3 Å². The summed E-state index contributed by atoms with van der Waals surface area (Å²) in [6.07, 6.45) is 1.96. The topological polar surface area (TPSA) is 45.4 Å². The Kier molecular flexibility index (Phi) is 4.50. The summed E-state index contributed by atoms with van der Waals surface area (Å²) in [7, 11) is 0. The minimum atomic E-state index is -0.739. The number of furan rings is 1. The molecule has 0 aliphatic heterocycles. The van der Waals surface area contributed by atoms with Gasteiger partial charge in [-0.15, -0.1) is 0 Å². The van der Waals surface area contributed by atoms with Crippen molar-refractivity contribution in [3.63, 3.8) is 0 Å². The van der Waals surface area contributed by atoms with E-state index in [4.69, 9.17) is 4.42 Å². The molecule has 0 aliphatic carbocycles. The van der Waals surface area contributed by atoms with Crippen molar-refractivity contribution in [2.45, 2.75) is 19.1 Å². The highest BCUT2D eigenvalue weighted by atomic mass is 32.2. The van der Waals surface area contributed by atoms with Gasteiger partial charge < -0.3 is 14.8 Å². The standard InChI is InChI=1S/C14H18FNO2S/c1-14(17,9-19-2)8-16-7-12-6-10-5-11(15)3-4-13(10)18-12/h3-6,16-17H,7-9H2,1-2H3. The van der Waals surface area contributed by atoms with E-state index >= 15 is 0 Å². The fraction of sp³-hybridized carbons (Fsp3) is 0.429. The largest absolute Gasteiger partial charge is 0.460 e. The smallest absolute Gasteiger partial charge is 0.134 e. The third-order valence-electron chi connectivity index (χ3n) is 2.79. The molecule has 0 saturated carbocycles. The molecule has 3 nitrogen and oxygen atoms in total. The van der Waals surface area contributed by atoms with Crippen LogP contribution >= 0.6 is 11.8 Å². The zero-order valence-electron chi connectivity index (χ0n) is 11.1. The molecule has 0 bridgehead atoms. The first kappa shape index (κ1) is 14.4. The minimum absolute atomic E-state index is 0.268. The Hall–Kier alpha value is -1.04. The van der Waals surface area contributed by atoms with E-state index in [1.807, 2.05) is 12.3 Å². The molecule has 19 heavy (non-hydrogen) atoms. The van der Waals surface area contributed by atoms with Crippen LogP contribution in [0.5, 0.6) is 0 Å². The van der Waals surface area contributed by atoms with Crippen molar-refractivity contribution in [2.24, 2.45) is 0 Å². The first-order valence-electron chi connectivity index (χ1n) is 6.10. The number of thioether (sulfide) groups is 1. The highest BCUT2D eigenvalue weighted by Crippen LogP contribution is 2.20. The SMILES string of the molecule is CSCC(C)(O)CNCc1cc2cc(F)ccc2o1. The Morgan fingerprint density at radius 3 is 2.95 bits per heavy atom. The maximum absolute atomic E-state index is 13.0. The number of fused-ring (bicyclic) bond motifs is 1. The lowest BCUT2D eigenvalue weighted by Crippen LogP contribution is -2.39. The Morgan fingerprint density at radius 1 is 1.42 bits per heavy atom. The molecular weight excluding hydrogens is 265 g/mol. The predicted molar refractivity (Wildman–Crippen MR) is 76.9 cm³/mol. The number of rotatable bonds is 6. The van der Waals surface area contributed by atoms with Gasteiger partial charge in [0.15, 0.2) is 0 Å². The lowest BCUT2D eigenvalue weighted by molar-refractivity contribution is 0.0841. The maximum atomic E-state index is 13.0. The lowest BCUT2D eigenvalue weighted by Gasteiger charge is -2.22. The number of halogens is 1. The van der Waals surface area contributed by atoms with Crippen LogP contribution < -0.4 is 5.32 Å². The van der Waals surface area contributed by atoms with Crippen molar-refractivity contribution in [3.8, 4) is 0 Å². The molecule has 0 aliphatic rings. The quantitative estimate of drug-likeness (QED) is 0.855. The monoisotopic (exact) mass is 283 g/mol. The van der Waals surface area contributed by atoms with Gasteiger partial charge in [-0.05, 0) is 37.4 Å².